The highest BCUT2D eigenvalue weighted by Crippen LogP contribution is 2.37. The fraction of sp³-hybridized carbons (Fsp3) is 0. The van der Waals surface area contributed by atoms with Crippen LogP contribution in [-0.2, 0) is 0 Å². The van der Waals surface area contributed by atoms with E-state index in [0.717, 1.165) is 20.4 Å². The molecule has 0 saturated heterocycles. The number of ether oxygens (including phenoxy) is 1. The van der Waals surface area contributed by atoms with Gasteiger partial charge in [-0.05, 0) is 30.3 Å². The molecule has 0 unspecified atom stereocenters. The van der Waals surface area contributed by atoms with Crippen LogP contribution in [-0.4, -0.2) is 4.37 Å². The third kappa shape index (κ3) is 2.23. The van der Waals surface area contributed by atoms with Gasteiger partial charge in [0.15, 0.2) is 0 Å². The lowest BCUT2D eigenvalue weighted by Gasteiger charge is -2.05. The van der Waals surface area contributed by atoms with E-state index in [0.29, 0.717) is 10.8 Å². The number of hydrogen-bond acceptors (Lipinski definition) is 3. The zero-order valence-corrected chi connectivity index (χ0v) is 12.2. The van der Waals surface area contributed by atoms with Crippen molar-refractivity contribution in [1.29, 1.82) is 0 Å². The van der Waals surface area contributed by atoms with Crippen LogP contribution in [0, 0.1) is 0 Å². The van der Waals surface area contributed by atoms with E-state index in [-0.39, 0.29) is 0 Å². The van der Waals surface area contributed by atoms with Crippen molar-refractivity contribution in [2.75, 3.05) is 0 Å². The lowest BCUT2D eigenvalue weighted by atomic mass is 10.2. The van der Waals surface area contributed by atoms with Gasteiger partial charge < -0.3 is 4.74 Å². The first-order chi connectivity index (χ1) is 8.74. The van der Waals surface area contributed by atoms with Crippen molar-refractivity contribution >= 4 is 50.0 Å². The molecule has 0 aliphatic rings. The van der Waals surface area contributed by atoms with Gasteiger partial charge in [0, 0.05) is 16.0 Å². The summed E-state index contributed by atoms with van der Waals surface area (Å²) >= 11 is 10.8. The van der Waals surface area contributed by atoms with Gasteiger partial charge >= 0.3 is 0 Å². The van der Waals surface area contributed by atoms with Gasteiger partial charge in [0.25, 0.3) is 0 Å². The minimum atomic E-state index is 0.579. The third-order valence-electron chi connectivity index (χ3n) is 2.45. The van der Waals surface area contributed by atoms with Crippen molar-refractivity contribution in [2.24, 2.45) is 0 Å². The quantitative estimate of drug-likeness (QED) is 0.614. The van der Waals surface area contributed by atoms with E-state index in [4.69, 9.17) is 16.3 Å². The van der Waals surface area contributed by atoms with E-state index in [1.165, 1.54) is 11.5 Å². The van der Waals surface area contributed by atoms with Crippen molar-refractivity contribution in [1.82, 2.24) is 4.37 Å². The smallest absolute Gasteiger partial charge is 0.208 e. The number of aromatic nitrogens is 1. The summed E-state index contributed by atoms with van der Waals surface area (Å²) in [5, 5.41) is 2.33. The van der Waals surface area contributed by atoms with Gasteiger partial charge in [-0.3, -0.25) is 0 Å². The van der Waals surface area contributed by atoms with Crippen molar-refractivity contribution < 1.29 is 4.74 Å². The second kappa shape index (κ2) is 4.88. The van der Waals surface area contributed by atoms with Gasteiger partial charge in [0.1, 0.15) is 5.75 Å². The lowest BCUT2D eigenvalue weighted by Crippen LogP contribution is -1.83. The monoisotopic (exact) mass is 339 g/mol. The Hall–Kier alpha value is -1.10. The van der Waals surface area contributed by atoms with Crippen molar-refractivity contribution in [3.8, 4) is 10.8 Å². The first-order valence-electron chi connectivity index (χ1n) is 5.21. The first-order valence-corrected chi connectivity index (χ1v) is 7.16. The van der Waals surface area contributed by atoms with Crippen LogP contribution in [0.5, 0.6) is 10.8 Å². The van der Waals surface area contributed by atoms with E-state index in [1.54, 1.807) is 6.07 Å². The average Bonchev–Trinajstić information content (AvgIpc) is 2.78. The number of fused-ring (bicyclic) bond motifs is 1. The number of hydrogen-bond donors (Lipinski definition) is 0. The Morgan fingerprint density at radius 1 is 1.17 bits per heavy atom. The van der Waals surface area contributed by atoms with E-state index in [2.05, 4.69) is 20.3 Å². The Bertz CT molecular complexity index is 713. The van der Waals surface area contributed by atoms with Crippen LogP contribution in [0.2, 0.25) is 5.02 Å². The lowest BCUT2D eigenvalue weighted by molar-refractivity contribution is 0.501. The molecule has 2 nitrogen and oxygen atoms in total. The summed E-state index contributed by atoms with van der Waals surface area (Å²) in [4.78, 5) is 0. The molecule has 1 heterocycles. The van der Waals surface area contributed by atoms with E-state index >= 15 is 0 Å². The molecule has 0 saturated carbocycles. The van der Waals surface area contributed by atoms with Crippen LogP contribution in [0.4, 0.5) is 0 Å². The Morgan fingerprint density at radius 2 is 2.00 bits per heavy atom. The van der Waals surface area contributed by atoms with E-state index < -0.39 is 0 Å². The zero-order chi connectivity index (χ0) is 12.5. The molecule has 0 aliphatic heterocycles. The number of rotatable bonds is 2. The summed E-state index contributed by atoms with van der Waals surface area (Å²) in [6.07, 6.45) is 0. The van der Waals surface area contributed by atoms with Crippen LogP contribution >= 0.6 is 39.1 Å². The fourth-order valence-corrected chi connectivity index (χ4v) is 2.83. The maximum absolute atomic E-state index is 6.10. The molecule has 90 valence electrons. The Kier molecular flexibility index (Phi) is 3.24. The summed E-state index contributed by atoms with van der Waals surface area (Å²) in [5.74, 6) is 0.625. The summed E-state index contributed by atoms with van der Waals surface area (Å²) in [5.41, 5.74) is 0.934. The molecule has 1 aromatic heterocycles. The summed E-state index contributed by atoms with van der Waals surface area (Å²) in [6, 6.07) is 13.4. The zero-order valence-electron chi connectivity index (χ0n) is 9.06. The maximum atomic E-state index is 6.10. The molecule has 2 aromatic carbocycles. The minimum Gasteiger partial charge on any atom is -0.443 e. The molecule has 0 fully saturated rings. The summed E-state index contributed by atoms with van der Waals surface area (Å²) in [7, 11) is 0. The third-order valence-corrected chi connectivity index (χ3v) is 4.01. The van der Waals surface area contributed by atoms with Crippen molar-refractivity contribution in [3.63, 3.8) is 0 Å². The van der Waals surface area contributed by atoms with Crippen LogP contribution in [0.3, 0.4) is 0 Å². The number of benzene rings is 2. The maximum Gasteiger partial charge on any atom is 0.208 e. The van der Waals surface area contributed by atoms with Crippen molar-refractivity contribution in [3.05, 3.63) is 52.0 Å². The number of nitrogens with zero attached hydrogens (tertiary/aromatic N) is 1. The molecular formula is C13H7BrClNOS. The molecule has 0 radical (unpaired) electrons. The predicted molar refractivity (Wildman–Crippen MR) is 78.8 cm³/mol. The topological polar surface area (TPSA) is 22.1 Å². The number of halogens is 2. The molecule has 0 N–H and O–H groups in total. The van der Waals surface area contributed by atoms with E-state index in [1.807, 2.05) is 36.4 Å². The molecule has 0 aliphatic carbocycles. The van der Waals surface area contributed by atoms with Gasteiger partial charge in [-0.15, -0.1) is 0 Å². The largest absolute Gasteiger partial charge is 0.443 e. The van der Waals surface area contributed by atoms with Crippen molar-refractivity contribution in [2.45, 2.75) is 0 Å². The van der Waals surface area contributed by atoms with Crippen LogP contribution in [0.15, 0.2) is 46.9 Å². The van der Waals surface area contributed by atoms with Gasteiger partial charge in [-0.1, -0.05) is 39.7 Å². The molecule has 3 rings (SSSR count). The summed E-state index contributed by atoms with van der Waals surface area (Å²) in [6.45, 7) is 0. The summed E-state index contributed by atoms with van der Waals surface area (Å²) < 4.78 is 11.1. The van der Waals surface area contributed by atoms with E-state index in [9.17, 15) is 0 Å². The van der Waals surface area contributed by atoms with Gasteiger partial charge in [0.05, 0.1) is 15.9 Å². The minimum absolute atomic E-state index is 0.579. The Balaban J connectivity index is 2.04. The predicted octanol–water partition coefficient (Wildman–Crippen LogP) is 5.50. The molecule has 3 aromatic rings. The van der Waals surface area contributed by atoms with Gasteiger partial charge in [-0.25, -0.2) is 0 Å². The standard InChI is InChI=1S/C13H7BrClNOS/c14-8-5-6-10(15)12(7-8)17-13-9-3-1-2-4-11(9)16-18-13/h1-7H. The van der Waals surface area contributed by atoms with Gasteiger partial charge in [-0.2, -0.15) is 4.37 Å². The van der Waals surface area contributed by atoms with Gasteiger partial charge in [0.2, 0.25) is 5.06 Å². The molecule has 0 spiro atoms. The highest BCUT2D eigenvalue weighted by atomic mass is 79.9. The Morgan fingerprint density at radius 3 is 2.89 bits per heavy atom. The molecule has 0 atom stereocenters. The first kappa shape index (κ1) is 12.0. The second-order valence-corrected chi connectivity index (χ2v) is 5.72. The second-order valence-electron chi connectivity index (χ2n) is 3.66. The fourth-order valence-electron chi connectivity index (χ4n) is 1.59. The molecule has 5 heteroatoms. The molecular weight excluding hydrogens is 334 g/mol. The average molecular weight is 341 g/mol. The molecule has 0 amide bonds. The van der Waals surface area contributed by atoms with Crippen LogP contribution in [0.1, 0.15) is 0 Å². The SMILES string of the molecule is Clc1ccc(Br)cc1Oc1snc2ccccc12. The molecule has 18 heavy (non-hydrogen) atoms. The highest BCUT2D eigenvalue weighted by Gasteiger charge is 2.10. The normalized spacial score (nSPS) is 10.8. The Labute approximate surface area is 121 Å². The highest BCUT2D eigenvalue weighted by molar-refractivity contribution is 9.10. The van der Waals surface area contributed by atoms with Crippen LogP contribution in [0.25, 0.3) is 10.9 Å². The molecule has 0 bridgehead atoms. The van der Waals surface area contributed by atoms with Crippen LogP contribution < -0.4 is 4.74 Å².